The first-order valence-electron chi connectivity index (χ1n) is 5.42. The van der Waals surface area contributed by atoms with Gasteiger partial charge in [-0.1, -0.05) is 12.2 Å². The number of hydrogen-bond donors (Lipinski definition) is 1. The van der Waals surface area contributed by atoms with Crippen LogP contribution in [0.15, 0.2) is 22.3 Å². The summed E-state index contributed by atoms with van der Waals surface area (Å²) >= 11 is 3.68. The molecule has 3 heteroatoms. The van der Waals surface area contributed by atoms with Gasteiger partial charge in [0.05, 0.1) is 6.04 Å². The molecule has 2 heterocycles. The molecule has 1 N–H and O–H groups in total. The molecule has 0 aromatic carbocycles. The first-order valence-corrected chi connectivity index (χ1v) is 6.22. The van der Waals surface area contributed by atoms with Gasteiger partial charge < -0.3 is 10.2 Å². The second kappa shape index (κ2) is 3.38. The Hall–Kier alpha value is -0.280. The van der Waals surface area contributed by atoms with Gasteiger partial charge in [0.15, 0.2) is 0 Å². The summed E-state index contributed by atoms with van der Waals surface area (Å²) in [5.41, 5.74) is 1.50. The van der Waals surface area contributed by atoms with E-state index in [-0.39, 0.29) is 0 Å². The van der Waals surface area contributed by atoms with Gasteiger partial charge in [-0.05, 0) is 35.2 Å². The topological polar surface area (TPSA) is 15.3 Å². The number of nitrogens with one attached hydrogen (secondary N) is 1. The summed E-state index contributed by atoms with van der Waals surface area (Å²) in [4.78, 5) is 2.61. The Labute approximate surface area is 93.2 Å². The molecule has 0 spiro atoms. The third-order valence-corrected chi connectivity index (χ3v) is 4.17. The lowest BCUT2D eigenvalue weighted by atomic mass is 9.99. The molecular weight excluding hydrogens is 240 g/mol. The summed E-state index contributed by atoms with van der Waals surface area (Å²) in [5, 5.41) is 3.64. The van der Waals surface area contributed by atoms with E-state index in [1.807, 2.05) is 0 Å². The van der Waals surface area contributed by atoms with E-state index in [0.29, 0.717) is 6.04 Å². The van der Waals surface area contributed by atoms with E-state index < -0.39 is 0 Å². The van der Waals surface area contributed by atoms with Gasteiger partial charge in [-0.2, -0.15) is 0 Å². The number of allylic oxidation sites excluding steroid dienone is 2. The smallest absolute Gasteiger partial charge is 0.0518 e. The van der Waals surface area contributed by atoms with Crippen molar-refractivity contribution in [3.63, 3.8) is 0 Å². The van der Waals surface area contributed by atoms with Gasteiger partial charge in [-0.15, -0.1) is 0 Å². The fraction of sp³-hybridized carbons (Fsp3) is 0.636. The van der Waals surface area contributed by atoms with Crippen LogP contribution in [-0.4, -0.2) is 30.1 Å². The summed E-state index contributed by atoms with van der Waals surface area (Å²) in [6.45, 7) is 2.42. The number of nitrogens with zero attached hydrogens (tertiary/aromatic N) is 1. The zero-order valence-corrected chi connectivity index (χ0v) is 9.76. The Bertz CT molecular complexity index is 308. The minimum Gasteiger partial charge on any atom is -0.368 e. The van der Waals surface area contributed by atoms with Crippen LogP contribution in [-0.2, 0) is 0 Å². The largest absolute Gasteiger partial charge is 0.368 e. The second-order valence-corrected chi connectivity index (χ2v) is 5.18. The molecule has 1 aliphatic carbocycles. The minimum atomic E-state index is 0.559. The number of hydrogen-bond acceptors (Lipinski definition) is 2. The predicted molar refractivity (Wildman–Crippen MR) is 61.2 cm³/mol. The van der Waals surface area contributed by atoms with E-state index in [0.717, 1.165) is 12.5 Å². The number of halogens is 1. The van der Waals surface area contributed by atoms with Crippen molar-refractivity contribution >= 4 is 15.9 Å². The standard InChI is InChI=1S/C11H15BrN2/c12-9-4-1-5-10-11(9)14-6-2-3-8(14)7-13-10/h1,4,8,10,13H,2-3,5-7H2/t8-,10-/m0/s1. The molecule has 2 aliphatic heterocycles. The van der Waals surface area contributed by atoms with Gasteiger partial charge in [0.2, 0.25) is 0 Å². The highest BCUT2D eigenvalue weighted by atomic mass is 79.9. The minimum absolute atomic E-state index is 0.559. The molecule has 0 aromatic heterocycles. The first kappa shape index (κ1) is 8.98. The molecule has 2 saturated heterocycles. The van der Waals surface area contributed by atoms with Crippen molar-refractivity contribution in [1.82, 2.24) is 10.2 Å². The molecule has 0 unspecified atom stereocenters. The number of piperazine rings is 1. The van der Waals surface area contributed by atoms with Crippen molar-refractivity contribution in [1.29, 1.82) is 0 Å². The van der Waals surface area contributed by atoms with Gasteiger partial charge in [0, 0.05) is 29.3 Å². The third kappa shape index (κ3) is 1.26. The van der Waals surface area contributed by atoms with E-state index >= 15 is 0 Å². The van der Waals surface area contributed by atoms with Crippen LogP contribution >= 0.6 is 15.9 Å². The highest BCUT2D eigenvalue weighted by molar-refractivity contribution is 9.11. The van der Waals surface area contributed by atoms with E-state index in [2.05, 4.69) is 38.3 Å². The second-order valence-electron chi connectivity index (χ2n) is 4.32. The lowest BCUT2D eigenvalue weighted by Gasteiger charge is -2.41. The zero-order valence-electron chi connectivity index (χ0n) is 8.17. The molecule has 2 fully saturated rings. The molecule has 0 saturated carbocycles. The highest BCUT2D eigenvalue weighted by Gasteiger charge is 2.36. The fourth-order valence-electron chi connectivity index (χ4n) is 2.83. The molecule has 0 aromatic rings. The van der Waals surface area contributed by atoms with E-state index in [1.54, 1.807) is 0 Å². The van der Waals surface area contributed by atoms with Gasteiger partial charge >= 0.3 is 0 Å². The SMILES string of the molecule is BrC1=C2[C@H](CC=C1)NC[C@@H]1CCCN21. The molecule has 76 valence electrons. The van der Waals surface area contributed by atoms with Crippen LogP contribution in [0.4, 0.5) is 0 Å². The van der Waals surface area contributed by atoms with Crippen LogP contribution in [0.2, 0.25) is 0 Å². The molecule has 3 rings (SSSR count). The average molecular weight is 255 g/mol. The fourth-order valence-corrected chi connectivity index (χ4v) is 3.52. The van der Waals surface area contributed by atoms with E-state index in [1.165, 1.54) is 36.1 Å². The summed E-state index contributed by atoms with van der Waals surface area (Å²) < 4.78 is 1.29. The average Bonchev–Trinajstić information content (AvgIpc) is 2.65. The maximum atomic E-state index is 3.68. The van der Waals surface area contributed by atoms with Crippen LogP contribution in [0.1, 0.15) is 19.3 Å². The lowest BCUT2D eigenvalue weighted by Crippen LogP contribution is -2.52. The summed E-state index contributed by atoms with van der Waals surface area (Å²) in [7, 11) is 0. The predicted octanol–water partition coefficient (Wildman–Crippen LogP) is 1.99. The summed E-state index contributed by atoms with van der Waals surface area (Å²) in [6, 6.07) is 1.31. The Morgan fingerprint density at radius 3 is 3.36 bits per heavy atom. The van der Waals surface area contributed by atoms with Crippen molar-refractivity contribution in [3.05, 3.63) is 22.3 Å². The van der Waals surface area contributed by atoms with Crippen LogP contribution in [0.5, 0.6) is 0 Å². The Balaban J connectivity index is 1.98. The molecule has 0 amide bonds. The van der Waals surface area contributed by atoms with Crippen LogP contribution in [0.3, 0.4) is 0 Å². The van der Waals surface area contributed by atoms with Gasteiger partial charge in [0.1, 0.15) is 0 Å². The lowest BCUT2D eigenvalue weighted by molar-refractivity contribution is 0.232. The van der Waals surface area contributed by atoms with Crippen molar-refractivity contribution in [2.75, 3.05) is 13.1 Å². The third-order valence-electron chi connectivity index (χ3n) is 3.50. The number of rotatable bonds is 0. The molecule has 0 bridgehead atoms. The highest BCUT2D eigenvalue weighted by Crippen LogP contribution is 2.34. The summed E-state index contributed by atoms with van der Waals surface area (Å²) in [6.07, 6.45) is 8.31. The van der Waals surface area contributed by atoms with Crippen LogP contribution in [0, 0.1) is 0 Å². The number of fused-ring (bicyclic) bond motifs is 3. The molecule has 3 aliphatic rings. The molecule has 0 radical (unpaired) electrons. The first-order chi connectivity index (χ1) is 6.86. The van der Waals surface area contributed by atoms with Gasteiger partial charge in [-0.3, -0.25) is 0 Å². The molecule has 2 nitrogen and oxygen atoms in total. The molecule has 2 atom stereocenters. The van der Waals surface area contributed by atoms with Crippen molar-refractivity contribution in [2.45, 2.75) is 31.3 Å². The zero-order chi connectivity index (χ0) is 9.54. The Morgan fingerprint density at radius 1 is 1.50 bits per heavy atom. The molecule has 14 heavy (non-hydrogen) atoms. The van der Waals surface area contributed by atoms with Gasteiger partial charge in [-0.25, -0.2) is 0 Å². The van der Waals surface area contributed by atoms with Crippen LogP contribution in [0.25, 0.3) is 0 Å². The Kier molecular flexibility index (Phi) is 2.17. The van der Waals surface area contributed by atoms with E-state index in [9.17, 15) is 0 Å². The maximum Gasteiger partial charge on any atom is 0.0518 e. The Morgan fingerprint density at radius 2 is 2.43 bits per heavy atom. The monoisotopic (exact) mass is 254 g/mol. The normalized spacial score (nSPS) is 35.9. The molecular formula is C11H15BrN2. The van der Waals surface area contributed by atoms with Crippen LogP contribution < -0.4 is 5.32 Å². The maximum absolute atomic E-state index is 3.68. The van der Waals surface area contributed by atoms with Crippen molar-refractivity contribution in [3.8, 4) is 0 Å². The quantitative estimate of drug-likeness (QED) is 0.712. The van der Waals surface area contributed by atoms with Crippen molar-refractivity contribution < 1.29 is 0 Å². The summed E-state index contributed by atoms with van der Waals surface area (Å²) in [5.74, 6) is 0. The van der Waals surface area contributed by atoms with Gasteiger partial charge in [0.25, 0.3) is 0 Å². The van der Waals surface area contributed by atoms with Crippen molar-refractivity contribution in [2.24, 2.45) is 0 Å². The van der Waals surface area contributed by atoms with E-state index in [4.69, 9.17) is 0 Å².